The minimum absolute atomic E-state index is 0.681. The van der Waals surface area contributed by atoms with E-state index in [1.54, 1.807) is 11.1 Å². The molecule has 142 valence electrons. The molecule has 0 N–H and O–H groups in total. The molecule has 0 heterocycles. The van der Waals surface area contributed by atoms with Gasteiger partial charge >= 0.3 is 0 Å². The zero-order valence-electron chi connectivity index (χ0n) is 17.4. The van der Waals surface area contributed by atoms with Gasteiger partial charge in [0.15, 0.2) is 0 Å². The summed E-state index contributed by atoms with van der Waals surface area (Å²) in [5, 5.41) is 0.681. The summed E-state index contributed by atoms with van der Waals surface area (Å²) in [4.78, 5) is 0. The van der Waals surface area contributed by atoms with Crippen molar-refractivity contribution in [2.45, 2.75) is 102 Å². The third-order valence-corrected chi connectivity index (χ3v) is 6.53. The lowest BCUT2D eigenvalue weighted by molar-refractivity contribution is 0.592. The Balaban J connectivity index is 2.56. The minimum Gasteiger partial charge on any atom is -0.157 e. The van der Waals surface area contributed by atoms with Gasteiger partial charge in [0.25, 0.3) is 0 Å². The lowest BCUT2D eigenvalue weighted by Crippen LogP contribution is -2.06. The fraction of sp³-hybridized carbons (Fsp3) is 0.739. The molecule has 2 heteroatoms. The van der Waals surface area contributed by atoms with Crippen LogP contribution in [-0.2, 0) is 0 Å². The van der Waals surface area contributed by atoms with Gasteiger partial charge < -0.3 is 0 Å². The predicted molar refractivity (Wildman–Crippen MR) is 121 cm³/mol. The summed E-state index contributed by atoms with van der Waals surface area (Å²) in [6.07, 6.45) is 18.9. The average molecular weight is 360 g/mol. The Labute approximate surface area is 163 Å². The first-order valence-electron chi connectivity index (χ1n) is 10.9. The van der Waals surface area contributed by atoms with Crippen LogP contribution in [0.1, 0.15) is 113 Å². The van der Waals surface area contributed by atoms with Crippen molar-refractivity contribution >= 4 is 19.6 Å². The van der Waals surface area contributed by atoms with E-state index >= 15 is 0 Å². The smallest absolute Gasteiger partial charge is 0.111 e. The summed E-state index contributed by atoms with van der Waals surface area (Å²) in [5.41, 5.74) is 3.23. The van der Waals surface area contributed by atoms with Gasteiger partial charge in [-0.1, -0.05) is 109 Å². The summed E-state index contributed by atoms with van der Waals surface area (Å²) in [6.45, 7) is 4.59. The van der Waals surface area contributed by atoms with Crippen molar-refractivity contribution in [3.8, 4) is 0 Å². The lowest BCUT2D eigenvalue weighted by Gasteiger charge is -2.22. The predicted octanol–water partition coefficient (Wildman–Crippen LogP) is 7.49. The molecule has 0 aliphatic heterocycles. The normalized spacial score (nSPS) is 13.7. The first-order chi connectivity index (χ1) is 12.2. The number of rotatable bonds is 15. The molecule has 0 saturated heterocycles. The molecule has 0 nitrogen and oxygen atoms in total. The Morgan fingerprint density at radius 2 is 1.28 bits per heavy atom. The van der Waals surface area contributed by atoms with Crippen molar-refractivity contribution in [2.75, 3.05) is 6.26 Å². The van der Waals surface area contributed by atoms with Gasteiger partial charge in [0.05, 0.1) is 0 Å². The van der Waals surface area contributed by atoms with Crippen LogP contribution < -0.4 is 0 Å². The van der Waals surface area contributed by atoms with Crippen LogP contribution >= 0.6 is 11.8 Å². The Hall–Kier alpha value is -0.365. The molecule has 0 aliphatic rings. The van der Waals surface area contributed by atoms with E-state index in [4.69, 9.17) is 0 Å². The molecule has 0 amide bonds. The second-order valence-corrected chi connectivity index (χ2v) is 8.70. The van der Waals surface area contributed by atoms with Gasteiger partial charge in [0, 0.05) is 5.25 Å². The molecule has 0 spiro atoms. The topological polar surface area (TPSA) is 0 Å². The minimum atomic E-state index is 0.681. The molecule has 1 aromatic rings. The molecule has 0 bridgehead atoms. The Morgan fingerprint density at radius 3 is 1.84 bits per heavy atom. The SMILES string of the molecule is BC(CCCCCCC)c1ccccc1C(CCCCCCC)SC. The van der Waals surface area contributed by atoms with Crippen molar-refractivity contribution in [3.63, 3.8) is 0 Å². The van der Waals surface area contributed by atoms with Crippen LogP contribution in [-0.4, -0.2) is 14.1 Å². The number of hydrogen-bond donors (Lipinski definition) is 0. The second-order valence-electron chi connectivity index (χ2n) is 7.66. The molecule has 0 fully saturated rings. The summed E-state index contributed by atoms with van der Waals surface area (Å²) in [7, 11) is 2.44. The third-order valence-electron chi connectivity index (χ3n) is 5.47. The Morgan fingerprint density at radius 1 is 0.760 bits per heavy atom. The average Bonchev–Trinajstić information content (AvgIpc) is 2.64. The molecule has 25 heavy (non-hydrogen) atoms. The van der Waals surface area contributed by atoms with E-state index < -0.39 is 0 Å². The van der Waals surface area contributed by atoms with Crippen LogP contribution in [0.3, 0.4) is 0 Å². The van der Waals surface area contributed by atoms with Crippen molar-refractivity contribution in [2.24, 2.45) is 0 Å². The maximum atomic E-state index is 2.44. The Bertz CT molecular complexity index is 432. The lowest BCUT2D eigenvalue weighted by atomic mass is 9.75. The first kappa shape index (κ1) is 22.7. The molecular formula is C23H41BS. The highest BCUT2D eigenvalue weighted by Crippen LogP contribution is 2.37. The van der Waals surface area contributed by atoms with E-state index in [2.05, 4.69) is 64.0 Å². The van der Waals surface area contributed by atoms with E-state index in [-0.39, 0.29) is 0 Å². The molecule has 2 atom stereocenters. The number of thioether (sulfide) groups is 1. The Kier molecular flexibility index (Phi) is 13.4. The maximum Gasteiger partial charge on any atom is 0.111 e. The number of benzene rings is 1. The van der Waals surface area contributed by atoms with E-state index in [0.717, 1.165) is 0 Å². The molecule has 0 saturated carbocycles. The van der Waals surface area contributed by atoms with Gasteiger partial charge in [-0.25, -0.2) is 0 Å². The fourth-order valence-electron chi connectivity index (χ4n) is 3.80. The molecule has 0 radical (unpaired) electrons. The molecule has 0 aromatic heterocycles. The highest BCUT2D eigenvalue weighted by Gasteiger charge is 2.17. The fourth-order valence-corrected chi connectivity index (χ4v) is 4.67. The number of unbranched alkanes of at least 4 members (excludes halogenated alkanes) is 8. The monoisotopic (exact) mass is 360 g/mol. The summed E-state index contributed by atoms with van der Waals surface area (Å²) in [5.74, 6) is 0.701. The van der Waals surface area contributed by atoms with Crippen molar-refractivity contribution in [1.82, 2.24) is 0 Å². The van der Waals surface area contributed by atoms with Gasteiger partial charge in [-0.15, -0.1) is 0 Å². The van der Waals surface area contributed by atoms with E-state index in [0.29, 0.717) is 11.1 Å². The molecule has 2 unspecified atom stereocenters. The molecule has 1 rings (SSSR count). The highest BCUT2D eigenvalue weighted by molar-refractivity contribution is 7.98. The van der Waals surface area contributed by atoms with Crippen molar-refractivity contribution < 1.29 is 0 Å². The molecule has 1 aromatic carbocycles. The van der Waals surface area contributed by atoms with Gasteiger partial charge in [0.1, 0.15) is 7.85 Å². The van der Waals surface area contributed by atoms with Crippen molar-refractivity contribution in [3.05, 3.63) is 35.4 Å². The zero-order chi connectivity index (χ0) is 18.3. The highest BCUT2D eigenvalue weighted by atomic mass is 32.2. The van der Waals surface area contributed by atoms with E-state index in [1.807, 2.05) is 0 Å². The number of hydrogen-bond acceptors (Lipinski definition) is 1. The molecular weight excluding hydrogens is 319 g/mol. The standard InChI is InChI=1S/C23H41BS/c1-4-6-8-10-12-18-22(24)20-16-14-15-17-21(20)23(25-3)19-13-11-9-7-5-2/h14-17,22-23H,4-13,18-19,24H2,1-3H3. The quantitative estimate of drug-likeness (QED) is 0.231. The maximum absolute atomic E-state index is 2.44. The van der Waals surface area contributed by atoms with Gasteiger partial charge in [0.2, 0.25) is 0 Å². The first-order valence-corrected chi connectivity index (χ1v) is 12.1. The summed E-state index contributed by atoms with van der Waals surface area (Å²) >= 11 is 2.05. The second kappa shape index (κ2) is 14.8. The van der Waals surface area contributed by atoms with Crippen LogP contribution in [0, 0.1) is 0 Å². The third kappa shape index (κ3) is 9.22. The summed E-state index contributed by atoms with van der Waals surface area (Å²) < 4.78 is 0. The van der Waals surface area contributed by atoms with Gasteiger partial charge in [-0.05, 0) is 29.6 Å². The van der Waals surface area contributed by atoms with Gasteiger partial charge in [-0.2, -0.15) is 11.8 Å². The van der Waals surface area contributed by atoms with Crippen LogP contribution in [0.5, 0.6) is 0 Å². The van der Waals surface area contributed by atoms with Crippen LogP contribution in [0.25, 0.3) is 0 Å². The molecule has 0 aliphatic carbocycles. The van der Waals surface area contributed by atoms with Crippen molar-refractivity contribution in [1.29, 1.82) is 0 Å². The van der Waals surface area contributed by atoms with Crippen LogP contribution in [0.4, 0.5) is 0 Å². The van der Waals surface area contributed by atoms with Crippen LogP contribution in [0.2, 0.25) is 0 Å². The van der Waals surface area contributed by atoms with Crippen LogP contribution in [0.15, 0.2) is 24.3 Å². The van der Waals surface area contributed by atoms with E-state index in [9.17, 15) is 0 Å². The zero-order valence-corrected chi connectivity index (χ0v) is 18.2. The summed E-state index contributed by atoms with van der Waals surface area (Å²) in [6, 6.07) is 9.28. The largest absolute Gasteiger partial charge is 0.157 e. The van der Waals surface area contributed by atoms with E-state index in [1.165, 1.54) is 77.0 Å². The van der Waals surface area contributed by atoms with Gasteiger partial charge in [-0.3, -0.25) is 0 Å².